The maximum absolute atomic E-state index is 5.44. The molecular weight excluding hydrogens is 330 g/mol. The van der Waals surface area contributed by atoms with Crippen molar-refractivity contribution in [2.45, 2.75) is 19.9 Å². The smallest absolute Gasteiger partial charge is 0.193 e. The lowest BCUT2D eigenvalue weighted by Gasteiger charge is -2.24. The summed E-state index contributed by atoms with van der Waals surface area (Å²) in [6.45, 7) is 5.66. The van der Waals surface area contributed by atoms with E-state index in [1.165, 1.54) is 11.1 Å². The lowest BCUT2D eigenvalue weighted by atomic mass is 10.1. The van der Waals surface area contributed by atoms with Crippen molar-refractivity contribution in [3.63, 3.8) is 0 Å². The van der Waals surface area contributed by atoms with Crippen LogP contribution >= 0.6 is 15.9 Å². The van der Waals surface area contributed by atoms with Gasteiger partial charge < -0.3 is 15.0 Å². The number of halogens is 1. The topological polar surface area (TPSA) is 36.9 Å². The second-order valence-electron chi connectivity index (χ2n) is 5.58. The van der Waals surface area contributed by atoms with Gasteiger partial charge in [-0.25, -0.2) is 0 Å². The van der Waals surface area contributed by atoms with Gasteiger partial charge in [-0.1, -0.05) is 22.0 Å². The summed E-state index contributed by atoms with van der Waals surface area (Å²) in [4.78, 5) is 6.56. The second-order valence-corrected chi connectivity index (χ2v) is 6.50. The number of nitrogens with one attached hydrogen (secondary N) is 1. The van der Waals surface area contributed by atoms with E-state index in [0.717, 1.165) is 43.2 Å². The van der Waals surface area contributed by atoms with Crippen LogP contribution in [0.5, 0.6) is 0 Å². The molecule has 1 heterocycles. The predicted octanol–water partition coefficient (Wildman–Crippen LogP) is 2.80. The number of benzene rings is 1. The van der Waals surface area contributed by atoms with Gasteiger partial charge in [0, 0.05) is 44.2 Å². The summed E-state index contributed by atoms with van der Waals surface area (Å²) >= 11 is 3.50. The zero-order chi connectivity index (χ0) is 15.2. The molecule has 1 saturated heterocycles. The highest BCUT2D eigenvalue weighted by Crippen LogP contribution is 2.16. The third-order valence-electron chi connectivity index (χ3n) is 3.87. The summed E-state index contributed by atoms with van der Waals surface area (Å²) in [5.41, 5.74) is 2.57. The van der Waals surface area contributed by atoms with E-state index >= 15 is 0 Å². The van der Waals surface area contributed by atoms with Crippen LogP contribution in [0, 0.1) is 12.8 Å². The van der Waals surface area contributed by atoms with Crippen LogP contribution in [-0.4, -0.2) is 44.7 Å². The quantitative estimate of drug-likeness (QED) is 0.667. The van der Waals surface area contributed by atoms with Gasteiger partial charge in [-0.15, -0.1) is 0 Å². The minimum absolute atomic E-state index is 0.614. The molecule has 0 spiro atoms. The molecule has 1 aromatic carbocycles. The minimum Gasteiger partial charge on any atom is -0.381 e. The molecule has 1 aliphatic heterocycles. The highest BCUT2D eigenvalue weighted by atomic mass is 79.9. The highest BCUT2D eigenvalue weighted by Gasteiger charge is 2.19. The third-order valence-corrected chi connectivity index (χ3v) is 4.36. The summed E-state index contributed by atoms with van der Waals surface area (Å²) in [6.07, 6.45) is 1.15. The van der Waals surface area contributed by atoms with Crippen LogP contribution in [0.15, 0.2) is 27.7 Å². The van der Waals surface area contributed by atoms with E-state index in [1.807, 2.05) is 7.05 Å². The van der Waals surface area contributed by atoms with Gasteiger partial charge in [-0.2, -0.15) is 0 Å². The summed E-state index contributed by atoms with van der Waals surface area (Å²) in [7, 11) is 3.92. The molecule has 5 heteroatoms. The van der Waals surface area contributed by atoms with Gasteiger partial charge in [0.2, 0.25) is 0 Å². The molecule has 1 aliphatic rings. The molecule has 0 radical (unpaired) electrons. The molecule has 0 saturated carbocycles. The first kappa shape index (κ1) is 16.3. The van der Waals surface area contributed by atoms with Crippen LogP contribution < -0.4 is 5.32 Å². The predicted molar refractivity (Wildman–Crippen MR) is 90.6 cm³/mol. The zero-order valence-electron chi connectivity index (χ0n) is 13.0. The molecule has 1 unspecified atom stereocenters. The Bertz CT molecular complexity index is 498. The van der Waals surface area contributed by atoms with Crippen LogP contribution in [0.2, 0.25) is 0 Å². The van der Waals surface area contributed by atoms with Crippen LogP contribution in [0.1, 0.15) is 17.5 Å². The Morgan fingerprint density at radius 3 is 2.95 bits per heavy atom. The van der Waals surface area contributed by atoms with E-state index in [4.69, 9.17) is 4.74 Å². The molecule has 1 N–H and O–H groups in total. The molecule has 1 fully saturated rings. The standard InChI is InChI=1S/C16H24BrN3O/c1-12-8-15(17)5-4-14(12)9-19-16(18-2)20(3)10-13-6-7-21-11-13/h4-5,8,13H,6-7,9-11H2,1-3H3,(H,18,19). The maximum atomic E-state index is 5.44. The van der Waals surface area contributed by atoms with Gasteiger partial charge in [0.25, 0.3) is 0 Å². The zero-order valence-corrected chi connectivity index (χ0v) is 14.6. The number of ether oxygens (including phenoxy) is 1. The molecule has 0 amide bonds. The van der Waals surface area contributed by atoms with Crippen molar-refractivity contribution in [1.29, 1.82) is 0 Å². The fourth-order valence-corrected chi connectivity index (χ4v) is 3.09. The molecule has 1 aromatic rings. The lowest BCUT2D eigenvalue weighted by molar-refractivity contribution is 0.181. The summed E-state index contributed by atoms with van der Waals surface area (Å²) in [5.74, 6) is 1.55. The van der Waals surface area contributed by atoms with Crippen molar-refractivity contribution in [3.05, 3.63) is 33.8 Å². The van der Waals surface area contributed by atoms with Crippen molar-refractivity contribution in [3.8, 4) is 0 Å². The van der Waals surface area contributed by atoms with Crippen LogP contribution in [0.3, 0.4) is 0 Å². The lowest BCUT2D eigenvalue weighted by Crippen LogP contribution is -2.41. The normalized spacial score (nSPS) is 18.9. The largest absolute Gasteiger partial charge is 0.381 e. The van der Waals surface area contributed by atoms with Crippen molar-refractivity contribution in [2.75, 3.05) is 33.9 Å². The molecule has 0 aromatic heterocycles. The van der Waals surface area contributed by atoms with E-state index in [-0.39, 0.29) is 0 Å². The SMILES string of the molecule is CN=C(NCc1ccc(Br)cc1C)N(C)CC1CCOC1. The third kappa shape index (κ3) is 4.71. The summed E-state index contributed by atoms with van der Waals surface area (Å²) in [6, 6.07) is 6.36. The molecule has 0 aliphatic carbocycles. The van der Waals surface area contributed by atoms with Gasteiger partial charge in [0.15, 0.2) is 5.96 Å². The molecular formula is C16H24BrN3O. The Kier molecular flexibility index (Phi) is 6.06. The van der Waals surface area contributed by atoms with E-state index in [2.05, 4.69) is 63.3 Å². The van der Waals surface area contributed by atoms with Gasteiger partial charge >= 0.3 is 0 Å². The average molecular weight is 354 g/mol. The van der Waals surface area contributed by atoms with Crippen molar-refractivity contribution >= 4 is 21.9 Å². The van der Waals surface area contributed by atoms with E-state index in [9.17, 15) is 0 Å². The Labute approximate surface area is 135 Å². The van der Waals surface area contributed by atoms with E-state index in [1.54, 1.807) is 0 Å². The summed E-state index contributed by atoms with van der Waals surface area (Å²) < 4.78 is 6.55. The monoisotopic (exact) mass is 353 g/mol. The number of aryl methyl sites for hydroxylation is 1. The Morgan fingerprint density at radius 1 is 1.52 bits per heavy atom. The fraction of sp³-hybridized carbons (Fsp3) is 0.562. The molecule has 21 heavy (non-hydrogen) atoms. The van der Waals surface area contributed by atoms with E-state index < -0.39 is 0 Å². The molecule has 116 valence electrons. The first-order valence-corrected chi connectivity index (χ1v) is 8.14. The van der Waals surface area contributed by atoms with Crippen molar-refractivity contribution < 1.29 is 4.74 Å². The maximum Gasteiger partial charge on any atom is 0.193 e. The summed E-state index contributed by atoms with van der Waals surface area (Å²) in [5, 5.41) is 3.44. The first-order chi connectivity index (χ1) is 10.1. The molecule has 2 rings (SSSR count). The Balaban J connectivity index is 1.89. The van der Waals surface area contributed by atoms with Crippen LogP contribution in [0.25, 0.3) is 0 Å². The highest BCUT2D eigenvalue weighted by molar-refractivity contribution is 9.10. The van der Waals surface area contributed by atoms with Gasteiger partial charge in [0.05, 0.1) is 6.61 Å². The van der Waals surface area contributed by atoms with Crippen LogP contribution in [-0.2, 0) is 11.3 Å². The number of guanidine groups is 1. The number of hydrogen-bond donors (Lipinski definition) is 1. The van der Waals surface area contributed by atoms with Gasteiger partial charge in [0.1, 0.15) is 0 Å². The van der Waals surface area contributed by atoms with Crippen molar-refractivity contribution in [2.24, 2.45) is 10.9 Å². The van der Waals surface area contributed by atoms with Crippen LogP contribution in [0.4, 0.5) is 0 Å². The Morgan fingerprint density at radius 2 is 2.33 bits per heavy atom. The number of hydrogen-bond acceptors (Lipinski definition) is 2. The molecule has 1 atom stereocenters. The molecule has 0 bridgehead atoms. The first-order valence-electron chi connectivity index (χ1n) is 7.34. The second kappa shape index (κ2) is 7.80. The molecule has 4 nitrogen and oxygen atoms in total. The number of aliphatic imine (C=N–C) groups is 1. The van der Waals surface area contributed by atoms with Crippen molar-refractivity contribution in [1.82, 2.24) is 10.2 Å². The van der Waals surface area contributed by atoms with Gasteiger partial charge in [-0.3, -0.25) is 4.99 Å². The average Bonchev–Trinajstić information content (AvgIpc) is 2.94. The number of nitrogens with zero attached hydrogens (tertiary/aromatic N) is 2. The minimum atomic E-state index is 0.614. The van der Waals surface area contributed by atoms with E-state index in [0.29, 0.717) is 5.92 Å². The Hall–Kier alpha value is -1.07. The van der Waals surface area contributed by atoms with Gasteiger partial charge in [-0.05, 0) is 36.6 Å². The fourth-order valence-electron chi connectivity index (χ4n) is 2.62. The number of rotatable bonds is 4.